The summed E-state index contributed by atoms with van der Waals surface area (Å²) >= 11 is 0. The maximum atomic E-state index is 11.7. The molecule has 0 aromatic heterocycles. The van der Waals surface area contributed by atoms with Crippen molar-refractivity contribution in [2.75, 3.05) is 6.54 Å². The van der Waals surface area contributed by atoms with Crippen LogP contribution in [0.15, 0.2) is 0 Å². The Labute approximate surface area is 92.2 Å². The molecule has 6 nitrogen and oxygen atoms in total. The lowest BCUT2D eigenvalue weighted by atomic mass is 10.1. The summed E-state index contributed by atoms with van der Waals surface area (Å²) in [6, 6.07) is 0. The van der Waals surface area contributed by atoms with E-state index in [1.54, 1.807) is 0 Å². The van der Waals surface area contributed by atoms with E-state index in [-0.39, 0.29) is 6.54 Å². The van der Waals surface area contributed by atoms with Gasteiger partial charge in [-0.2, -0.15) is 0 Å². The van der Waals surface area contributed by atoms with E-state index in [1.165, 1.54) is 6.92 Å². The Kier molecular flexibility index (Phi) is 2.67. The summed E-state index contributed by atoms with van der Waals surface area (Å²) in [6.07, 6.45) is -0.00666. The van der Waals surface area contributed by atoms with Crippen molar-refractivity contribution in [2.45, 2.75) is 32.0 Å². The lowest BCUT2D eigenvalue weighted by Crippen LogP contribution is -2.53. The van der Waals surface area contributed by atoms with Gasteiger partial charge in [-0.25, -0.2) is 0 Å². The minimum absolute atomic E-state index is 0.0661. The predicted molar refractivity (Wildman–Crippen MR) is 51.4 cm³/mol. The fraction of sp³-hybridized carbons (Fsp3) is 0.700. The first-order valence-corrected chi connectivity index (χ1v) is 5.24. The number of hydrogen-bond donors (Lipinski definition) is 1. The molecule has 2 rings (SSSR count). The van der Waals surface area contributed by atoms with Gasteiger partial charge in [0.15, 0.2) is 0 Å². The Bertz CT molecular complexity index is 331. The van der Waals surface area contributed by atoms with E-state index < -0.39 is 35.9 Å². The molecule has 2 fully saturated rings. The maximum absolute atomic E-state index is 11.7. The topological polar surface area (TPSA) is 83.9 Å². The average Bonchev–Trinajstić information content (AvgIpc) is 2.68. The molecule has 0 aromatic rings. The summed E-state index contributed by atoms with van der Waals surface area (Å²) in [5.74, 6) is -2.55. The van der Waals surface area contributed by atoms with Crippen LogP contribution in [0, 0.1) is 5.92 Å². The predicted octanol–water partition coefficient (Wildman–Crippen LogP) is -0.376. The summed E-state index contributed by atoms with van der Waals surface area (Å²) in [4.78, 5) is 35.2. The Morgan fingerprint density at radius 2 is 1.94 bits per heavy atom. The Balaban J connectivity index is 2.11. The molecule has 6 heteroatoms. The first kappa shape index (κ1) is 11.1. The monoisotopic (exact) mass is 227 g/mol. The van der Waals surface area contributed by atoms with Gasteiger partial charge in [0.1, 0.15) is 12.2 Å². The number of aliphatic carboxylic acids is 1. The van der Waals surface area contributed by atoms with Gasteiger partial charge >= 0.3 is 5.97 Å². The second-order valence-electron chi connectivity index (χ2n) is 4.22. The highest BCUT2D eigenvalue weighted by atomic mass is 16.5. The zero-order valence-corrected chi connectivity index (χ0v) is 8.88. The normalized spacial score (nSPS) is 30.7. The van der Waals surface area contributed by atoms with Gasteiger partial charge in [-0.15, -0.1) is 0 Å². The van der Waals surface area contributed by atoms with Crippen molar-refractivity contribution >= 4 is 17.8 Å². The summed E-state index contributed by atoms with van der Waals surface area (Å²) in [7, 11) is 0. The average molecular weight is 227 g/mol. The van der Waals surface area contributed by atoms with Crippen molar-refractivity contribution in [1.29, 1.82) is 0 Å². The number of nitrogens with zero attached hydrogens (tertiary/aromatic N) is 1. The molecule has 0 aromatic carbocycles. The van der Waals surface area contributed by atoms with Gasteiger partial charge < -0.3 is 9.84 Å². The standard InChI is InChI=1S/C10H13NO5/c1-5(10(14)15)4-11-8(12)6-2-3-7(16-6)9(11)13/h5-7H,2-4H2,1H3,(H,14,15). The molecule has 0 radical (unpaired) electrons. The largest absolute Gasteiger partial charge is 0.481 e. The van der Waals surface area contributed by atoms with Gasteiger partial charge in [-0.3, -0.25) is 19.3 Å². The Hall–Kier alpha value is -1.43. The number of imide groups is 1. The summed E-state index contributed by atoms with van der Waals surface area (Å²) in [5.41, 5.74) is 0. The SMILES string of the molecule is CC(CN1C(=O)C2CCC(O2)C1=O)C(=O)O. The third-order valence-electron chi connectivity index (χ3n) is 2.98. The number of rotatable bonds is 3. The number of carbonyl (C=O) groups is 3. The van der Waals surface area contributed by atoms with Crippen molar-refractivity contribution in [3.05, 3.63) is 0 Å². The lowest BCUT2D eigenvalue weighted by Gasteiger charge is -2.30. The van der Waals surface area contributed by atoms with E-state index in [9.17, 15) is 14.4 Å². The van der Waals surface area contributed by atoms with Gasteiger partial charge in [-0.05, 0) is 12.8 Å². The van der Waals surface area contributed by atoms with E-state index in [0.29, 0.717) is 12.8 Å². The molecule has 3 atom stereocenters. The van der Waals surface area contributed by atoms with Crippen LogP contribution >= 0.6 is 0 Å². The molecule has 2 bridgehead atoms. The molecule has 1 N–H and O–H groups in total. The summed E-state index contributed by atoms with van der Waals surface area (Å²) in [5, 5.41) is 8.75. The van der Waals surface area contributed by atoms with Crippen LogP contribution in [0.3, 0.4) is 0 Å². The maximum Gasteiger partial charge on any atom is 0.308 e. The number of ether oxygens (including phenoxy) is 1. The zero-order chi connectivity index (χ0) is 11.9. The second kappa shape index (κ2) is 3.86. The van der Waals surface area contributed by atoms with Gasteiger partial charge in [0, 0.05) is 6.54 Å². The molecule has 0 saturated carbocycles. The van der Waals surface area contributed by atoms with Crippen molar-refractivity contribution in [1.82, 2.24) is 4.90 Å². The van der Waals surface area contributed by atoms with Crippen molar-refractivity contribution in [3.8, 4) is 0 Å². The van der Waals surface area contributed by atoms with E-state index in [0.717, 1.165) is 4.90 Å². The van der Waals surface area contributed by atoms with Crippen LogP contribution in [0.4, 0.5) is 0 Å². The van der Waals surface area contributed by atoms with Gasteiger partial charge in [0.05, 0.1) is 5.92 Å². The third-order valence-corrected chi connectivity index (χ3v) is 2.98. The van der Waals surface area contributed by atoms with E-state index in [2.05, 4.69) is 0 Å². The second-order valence-corrected chi connectivity index (χ2v) is 4.22. The van der Waals surface area contributed by atoms with Crippen molar-refractivity contribution in [2.24, 2.45) is 5.92 Å². The molecular formula is C10H13NO5. The van der Waals surface area contributed by atoms with Crippen LogP contribution < -0.4 is 0 Å². The van der Waals surface area contributed by atoms with Crippen LogP contribution in [0.2, 0.25) is 0 Å². The minimum atomic E-state index is -1.01. The van der Waals surface area contributed by atoms with Gasteiger partial charge in [0.25, 0.3) is 11.8 Å². The molecule has 2 aliphatic rings. The molecule has 2 aliphatic heterocycles. The summed E-state index contributed by atoms with van der Waals surface area (Å²) < 4.78 is 5.21. The fourth-order valence-corrected chi connectivity index (χ4v) is 1.99. The molecule has 0 spiro atoms. The number of fused-ring (bicyclic) bond motifs is 2. The van der Waals surface area contributed by atoms with Crippen LogP contribution in [-0.2, 0) is 19.1 Å². The zero-order valence-electron chi connectivity index (χ0n) is 8.88. The van der Waals surface area contributed by atoms with Crippen LogP contribution in [0.1, 0.15) is 19.8 Å². The Morgan fingerprint density at radius 3 is 2.38 bits per heavy atom. The van der Waals surface area contributed by atoms with Crippen LogP contribution in [0.25, 0.3) is 0 Å². The highest BCUT2D eigenvalue weighted by molar-refractivity contribution is 6.02. The molecule has 16 heavy (non-hydrogen) atoms. The number of carbonyl (C=O) groups excluding carboxylic acids is 2. The molecule has 2 heterocycles. The smallest absolute Gasteiger partial charge is 0.308 e. The van der Waals surface area contributed by atoms with E-state index >= 15 is 0 Å². The fourth-order valence-electron chi connectivity index (χ4n) is 1.99. The molecule has 88 valence electrons. The number of amides is 2. The van der Waals surface area contributed by atoms with Gasteiger partial charge in [-0.1, -0.05) is 6.92 Å². The third kappa shape index (κ3) is 1.69. The van der Waals surface area contributed by atoms with Gasteiger partial charge in [0.2, 0.25) is 0 Å². The van der Waals surface area contributed by atoms with Crippen LogP contribution in [-0.4, -0.2) is 46.5 Å². The quantitative estimate of drug-likeness (QED) is 0.664. The Morgan fingerprint density at radius 1 is 1.44 bits per heavy atom. The molecular weight excluding hydrogens is 214 g/mol. The molecule has 0 aliphatic carbocycles. The number of likely N-dealkylation sites (tertiary alicyclic amines) is 1. The number of morpholine rings is 1. The lowest BCUT2D eigenvalue weighted by molar-refractivity contribution is -0.169. The van der Waals surface area contributed by atoms with E-state index in [1.807, 2.05) is 0 Å². The summed E-state index contributed by atoms with van der Waals surface area (Å²) in [6.45, 7) is 1.41. The highest BCUT2D eigenvalue weighted by Gasteiger charge is 2.46. The number of carboxylic acids is 1. The minimum Gasteiger partial charge on any atom is -0.481 e. The van der Waals surface area contributed by atoms with Crippen molar-refractivity contribution in [3.63, 3.8) is 0 Å². The number of carboxylic acid groups (broad SMARTS) is 1. The first-order chi connectivity index (χ1) is 7.50. The van der Waals surface area contributed by atoms with E-state index in [4.69, 9.17) is 9.84 Å². The van der Waals surface area contributed by atoms with Crippen molar-refractivity contribution < 1.29 is 24.2 Å². The molecule has 3 unspecified atom stereocenters. The molecule has 2 saturated heterocycles. The first-order valence-electron chi connectivity index (χ1n) is 5.24. The van der Waals surface area contributed by atoms with Crippen LogP contribution in [0.5, 0.6) is 0 Å². The molecule has 2 amide bonds. The number of hydrogen-bond acceptors (Lipinski definition) is 4. The highest BCUT2D eigenvalue weighted by Crippen LogP contribution is 2.28.